The van der Waals surface area contributed by atoms with Crippen LogP contribution in [0.3, 0.4) is 0 Å². The fourth-order valence-electron chi connectivity index (χ4n) is 2.18. The van der Waals surface area contributed by atoms with E-state index in [1.807, 2.05) is 61.5 Å². The van der Waals surface area contributed by atoms with Crippen LogP contribution in [0, 0.1) is 6.92 Å². The van der Waals surface area contributed by atoms with Crippen molar-refractivity contribution < 1.29 is 13.9 Å². The van der Waals surface area contributed by atoms with Gasteiger partial charge in [0, 0.05) is 10.0 Å². The third kappa shape index (κ3) is 5.07. The van der Waals surface area contributed by atoms with Crippen molar-refractivity contribution >= 4 is 28.1 Å². The van der Waals surface area contributed by atoms with Crippen molar-refractivity contribution in [3.05, 3.63) is 76.5 Å². The SMILES string of the molecule is Cc1ccc(OCC(=O)N/N=C/c2ccc(-c3ccc(Br)cc3)o2)cc1. The number of nitrogens with one attached hydrogen (secondary N) is 1. The number of nitrogens with zero attached hydrogens (tertiary/aromatic N) is 1. The number of amides is 1. The fourth-order valence-corrected chi connectivity index (χ4v) is 2.44. The molecule has 6 heteroatoms. The van der Waals surface area contributed by atoms with E-state index in [2.05, 4.69) is 26.5 Å². The summed E-state index contributed by atoms with van der Waals surface area (Å²) in [6, 6.07) is 18.9. The quantitative estimate of drug-likeness (QED) is 0.477. The highest BCUT2D eigenvalue weighted by Gasteiger charge is 2.04. The van der Waals surface area contributed by atoms with E-state index in [9.17, 15) is 4.79 Å². The maximum Gasteiger partial charge on any atom is 0.277 e. The van der Waals surface area contributed by atoms with Crippen LogP contribution in [0.2, 0.25) is 0 Å². The number of ether oxygens (including phenoxy) is 1. The van der Waals surface area contributed by atoms with Crippen molar-refractivity contribution in [2.75, 3.05) is 6.61 Å². The minimum atomic E-state index is -0.346. The molecule has 26 heavy (non-hydrogen) atoms. The van der Waals surface area contributed by atoms with Gasteiger partial charge < -0.3 is 9.15 Å². The molecule has 0 saturated heterocycles. The van der Waals surface area contributed by atoms with Gasteiger partial charge >= 0.3 is 0 Å². The van der Waals surface area contributed by atoms with E-state index in [1.54, 1.807) is 6.07 Å². The van der Waals surface area contributed by atoms with Gasteiger partial charge in [-0.15, -0.1) is 0 Å². The maximum atomic E-state index is 11.7. The molecule has 0 unspecified atom stereocenters. The predicted molar refractivity (Wildman–Crippen MR) is 104 cm³/mol. The van der Waals surface area contributed by atoms with E-state index in [-0.39, 0.29) is 12.5 Å². The van der Waals surface area contributed by atoms with Gasteiger partial charge in [-0.05, 0) is 43.3 Å². The van der Waals surface area contributed by atoms with Crippen LogP contribution in [0.4, 0.5) is 0 Å². The van der Waals surface area contributed by atoms with Crippen LogP contribution in [0.5, 0.6) is 5.75 Å². The number of hydrazone groups is 1. The van der Waals surface area contributed by atoms with Crippen molar-refractivity contribution in [2.45, 2.75) is 6.92 Å². The Bertz CT molecular complexity index is 900. The molecule has 0 radical (unpaired) electrons. The zero-order valence-corrected chi connectivity index (χ0v) is 15.7. The molecule has 0 bridgehead atoms. The smallest absolute Gasteiger partial charge is 0.277 e. The molecule has 0 fully saturated rings. The molecular weight excluding hydrogens is 396 g/mol. The minimum absolute atomic E-state index is 0.108. The molecule has 1 aromatic heterocycles. The Balaban J connectivity index is 1.49. The number of carbonyl (C=O) groups excluding carboxylic acids is 1. The van der Waals surface area contributed by atoms with Crippen LogP contribution in [0.15, 0.2) is 74.7 Å². The van der Waals surface area contributed by atoms with Crippen LogP contribution >= 0.6 is 15.9 Å². The van der Waals surface area contributed by atoms with Crippen molar-refractivity contribution in [3.63, 3.8) is 0 Å². The first-order valence-corrected chi connectivity index (χ1v) is 8.76. The van der Waals surface area contributed by atoms with Gasteiger partial charge in [-0.3, -0.25) is 4.79 Å². The summed E-state index contributed by atoms with van der Waals surface area (Å²) in [5, 5.41) is 3.88. The second kappa shape index (κ2) is 8.49. The van der Waals surface area contributed by atoms with Gasteiger partial charge in [0.1, 0.15) is 17.3 Å². The Kier molecular flexibility index (Phi) is 5.86. The first-order chi connectivity index (χ1) is 12.6. The highest BCUT2D eigenvalue weighted by molar-refractivity contribution is 9.10. The third-order valence-electron chi connectivity index (χ3n) is 3.53. The average Bonchev–Trinajstić information content (AvgIpc) is 3.11. The molecule has 3 aromatic rings. The third-order valence-corrected chi connectivity index (χ3v) is 4.06. The minimum Gasteiger partial charge on any atom is -0.484 e. The van der Waals surface area contributed by atoms with Crippen LogP contribution in [-0.2, 0) is 4.79 Å². The van der Waals surface area contributed by atoms with Crippen molar-refractivity contribution in [1.29, 1.82) is 0 Å². The molecule has 0 atom stereocenters. The van der Waals surface area contributed by atoms with Crippen molar-refractivity contribution in [3.8, 4) is 17.1 Å². The molecule has 1 amide bonds. The second-order valence-electron chi connectivity index (χ2n) is 5.60. The maximum absolute atomic E-state index is 11.7. The summed E-state index contributed by atoms with van der Waals surface area (Å²) in [7, 11) is 0. The highest BCUT2D eigenvalue weighted by atomic mass is 79.9. The monoisotopic (exact) mass is 412 g/mol. The number of furan rings is 1. The molecule has 132 valence electrons. The standard InChI is InChI=1S/C20H17BrN2O3/c1-14-2-8-17(9-3-14)25-13-20(24)23-22-12-18-10-11-19(26-18)15-4-6-16(21)7-5-15/h2-12H,13H2,1H3,(H,23,24)/b22-12+. The molecular formula is C20H17BrN2O3. The summed E-state index contributed by atoms with van der Waals surface area (Å²) in [5.74, 6) is 1.57. The number of halogens is 1. The molecule has 0 aliphatic heterocycles. The molecule has 0 aliphatic carbocycles. The van der Waals surface area contributed by atoms with E-state index in [0.717, 1.165) is 21.4 Å². The van der Waals surface area contributed by atoms with Crippen LogP contribution < -0.4 is 10.2 Å². The number of aryl methyl sites for hydroxylation is 1. The molecule has 3 rings (SSSR count). The number of rotatable bonds is 6. The summed E-state index contributed by atoms with van der Waals surface area (Å²) in [6.45, 7) is 1.88. The predicted octanol–water partition coefficient (Wildman–Crippen LogP) is 4.55. The zero-order valence-electron chi connectivity index (χ0n) is 14.1. The lowest BCUT2D eigenvalue weighted by Crippen LogP contribution is -2.24. The number of hydrogen-bond donors (Lipinski definition) is 1. The lowest BCUT2D eigenvalue weighted by atomic mass is 10.2. The van der Waals surface area contributed by atoms with Gasteiger partial charge in [-0.1, -0.05) is 45.8 Å². The van der Waals surface area contributed by atoms with E-state index >= 15 is 0 Å². The molecule has 2 aromatic carbocycles. The van der Waals surface area contributed by atoms with Crippen molar-refractivity contribution in [1.82, 2.24) is 5.43 Å². The lowest BCUT2D eigenvalue weighted by molar-refractivity contribution is -0.123. The molecule has 0 saturated carbocycles. The van der Waals surface area contributed by atoms with Crippen LogP contribution in [0.25, 0.3) is 11.3 Å². The first-order valence-electron chi connectivity index (χ1n) is 7.97. The van der Waals surface area contributed by atoms with Gasteiger partial charge in [0.05, 0.1) is 6.21 Å². The molecule has 0 spiro atoms. The van der Waals surface area contributed by atoms with Gasteiger partial charge in [0.25, 0.3) is 5.91 Å². The second-order valence-corrected chi connectivity index (χ2v) is 6.52. The first kappa shape index (κ1) is 17.9. The van der Waals surface area contributed by atoms with Crippen molar-refractivity contribution in [2.24, 2.45) is 5.10 Å². The summed E-state index contributed by atoms with van der Waals surface area (Å²) in [6.07, 6.45) is 1.45. The average molecular weight is 413 g/mol. The van der Waals surface area contributed by atoms with E-state index < -0.39 is 0 Å². The number of hydrogen-bond acceptors (Lipinski definition) is 4. The van der Waals surface area contributed by atoms with Gasteiger partial charge in [0.15, 0.2) is 6.61 Å². The van der Waals surface area contributed by atoms with E-state index in [1.165, 1.54) is 6.21 Å². The largest absolute Gasteiger partial charge is 0.484 e. The summed E-state index contributed by atoms with van der Waals surface area (Å²) >= 11 is 3.40. The number of benzene rings is 2. The summed E-state index contributed by atoms with van der Waals surface area (Å²) in [5.41, 5.74) is 4.50. The topological polar surface area (TPSA) is 63.8 Å². The van der Waals surface area contributed by atoms with Gasteiger partial charge in [-0.25, -0.2) is 5.43 Å². The van der Waals surface area contributed by atoms with E-state index in [4.69, 9.17) is 9.15 Å². The van der Waals surface area contributed by atoms with E-state index in [0.29, 0.717) is 11.5 Å². The molecule has 1 N–H and O–H groups in total. The normalized spacial score (nSPS) is 10.8. The summed E-state index contributed by atoms with van der Waals surface area (Å²) in [4.78, 5) is 11.7. The Morgan fingerprint density at radius 2 is 1.85 bits per heavy atom. The fraction of sp³-hybridized carbons (Fsp3) is 0.100. The highest BCUT2D eigenvalue weighted by Crippen LogP contribution is 2.23. The lowest BCUT2D eigenvalue weighted by Gasteiger charge is -2.04. The zero-order chi connectivity index (χ0) is 18.4. The van der Waals surface area contributed by atoms with Gasteiger partial charge in [0.2, 0.25) is 0 Å². The number of carbonyl (C=O) groups is 1. The summed E-state index contributed by atoms with van der Waals surface area (Å²) < 4.78 is 12.1. The van der Waals surface area contributed by atoms with Crippen LogP contribution in [-0.4, -0.2) is 18.7 Å². The Morgan fingerprint density at radius 1 is 1.12 bits per heavy atom. The van der Waals surface area contributed by atoms with Crippen LogP contribution in [0.1, 0.15) is 11.3 Å². The Morgan fingerprint density at radius 3 is 2.58 bits per heavy atom. The molecule has 5 nitrogen and oxygen atoms in total. The Labute approximate surface area is 159 Å². The van der Waals surface area contributed by atoms with Gasteiger partial charge in [-0.2, -0.15) is 5.10 Å². The molecule has 0 aliphatic rings. The Hall–Kier alpha value is -2.86. The molecule has 1 heterocycles.